The smallest absolute Gasteiger partial charge is 0.305 e. The first-order chi connectivity index (χ1) is 22.5. The van der Waals surface area contributed by atoms with Gasteiger partial charge in [0.05, 0.1) is 12.7 Å². The first kappa shape index (κ1) is 44.4. The monoisotopic (exact) mass is 653 g/mol. The van der Waals surface area contributed by atoms with Crippen LogP contribution in [0.15, 0.2) is 0 Å². The minimum absolute atomic E-state index is 0.0105. The van der Waals surface area contributed by atoms with Crippen LogP contribution in [0.25, 0.3) is 0 Å². The fourth-order valence-electron chi connectivity index (χ4n) is 5.81. The molecule has 0 aromatic heterocycles. The molecule has 3 N–H and O–H groups in total. The number of carbonyl (C=O) groups excluding carboxylic acids is 3. The molecule has 0 bridgehead atoms. The summed E-state index contributed by atoms with van der Waals surface area (Å²) in [6.45, 7) is 5.21. The molecule has 7 nitrogen and oxygen atoms in total. The molecule has 0 radical (unpaired) electrons. The second-order valence-electron chi connectivity index (χ2n) is 13.6. The highest BCUT2D eigenvalue weighted by molar-refractivity contribution is 5.76. The van der Waals surface area contributed by atoms with Crippen LogP contribution in [0.5, 0.6) is 0 Å². The van der Waals surface area contributed by atoms with E-state index in [1.807, 2.05) is 6.92 Å². The van der Waals surface area contributed by atoms with Crippen LogP contribution in [0.4, 0.5) is 0 Å². The van der Waals surface area contributed by atoms with Gasteiger partial charge in [-0.3, -0.25) is 14.4 Å². The number of esters is 1. The molecule has 0 rings (SSSR count). The van der Waals surface area contributed by atoms with Crippen molar-refractivity contribution in [2.75, 3.05) is 19.7 Å². The molecule has 1 atom stereocenters. The van der Waals surface area contributed by atoms with E-state index in [2.05, 4.69) is 17.6 Å². The zero-order chi connectivity index (χ0) is 33.8. The van der Waals surface area contributed by atoms with Gasteiger partial charge in [0.15, 0.2) is 0 Å². The number of amides is 2. The molecule has 0 aromatic rings. The third-order valence-electron chi connectivity index (χ3n) is 8.84. The molecule has 46 heavy (non-hydrogen) atoms. The molecule has 7 heteroatoms. The normalized spacial score (nSPS) is 11.8. The van der Waals surface area contributed by atoms with E-state index in [0.29, 0.717) is 25.9 Å². The standard InChI is InChI=1S/C39H76N2O5/c1-3-5-6-7-8-9-10-12-15-18-21-24-27-31-37(43)40-34-36(42)35-41-38(44)32-28-25-22-19-16-13-11-14-17-20-23-26-29-33-46-39(45)30-4-2/h36,42H,3-35H2,1-2H3,(H,40,43)(H,41,44). The fourth-order valence-corrected chi connectivity index (χ4v) is 5.81. The Bertz CT molecular complexity index is 687. The van der Waals surface area contributed by atoms with Gasteiger partial charge in [0.1, 0.15) is 0 Å². The zero-order valence-corrected chi connectivity index (χ0v) is 30.5. The molecular formula is C39H76N2O5. The Hall–Kier alpha value is -1.63. The van der Waals surface area contributed by atoms with E-state index < -0.39 is 6.10 Å². The summed E-state index contributed by atoms with van der Waals surface area (Å²) < 4.78 is 5.19. The Labute approximate surface area is 284 Å². The first-order valence-corrected chi connectivity index (χ1v) is 19.9. The third kappa shape index (κ3) is 35.2. The van der Waals surface area contributed by atoms with Crippen molar-refractivity contribution >= 4 is 17.8 Å². The predicted molar refractivity (Wildman–Crippen MR) is 193 cm³/mol. The van der Waals surface area contributed by atoms with Crippen LogP contribution in [0.2, 0.25) is 0 Å². The van der Waals surface area contributed by atoms with Gasteiger partial charge in [0, 0.05) is 32.4 Å². The minimum atomic E-state index is -0.749. The van der Waals surface area contributed by atoms with Crippen molar-refractivity contribution in [3.05, 3.63) is 0 Å². The van der Waals surface area contributed by atoms with Gasteiger partial charge < -0.3 is 20.5 Å². The van der Waals surface area contributed by atoms with Gasteiger partial charge in [-0.25, -0.2) is 0 Å². The van der Waals surface area contributed by atoms with Crippen LogP contribution in [-0.4, -0.2) is 48.7 Å². The quantitative estimate of drug-likeness (QED) is 0.0462. The molecule has 0 aromatic carbocycles. The summed E-state index contributed by atoms with van der Waals surface area (Å²) in [5, 5.41) is 15.7. The molecule has 0 aliphatic heterocycles. The molecule has 2 amide bonds. The number of unbranched alkanes of at least 4 members (excludes halogenated alkanes) is 24. The van der Waals surface area contributed by atoms with Crippen molar-refractivity contribution < 1.29 is 24.2 Å². The van der Waals surface area contributed by atoms with Crippen LogP contribution in [0.1, 0.15) is 206 Å². The Morgan fingerprint density at radius 3 is 1.13 bits per heavy atom. The van der Waals surface area contributed by atoms with E-state index in [9.17, 15) is 19.5 Å². The number of rotatable bonds is 36. The number of ether oxygens (including phenoxy) is 1. The lowest BCUT2D eigenvalue weighted by molar-refractivity contribution is -0.143. The SMILES string of the molecule is CCCCCCCCCCCCCCCC(=O)NCC(O)CNC(=O)CCCCCCCCCCCCCCCOC(=O)CCC. The van der Waals surface area contributed by atoms with Gasteiger partial charge in [-0.15, -0.1) is 0 Å². The van der Waals surface area contributed by atoms with E-state index in [0.717, 1.165) is 44.9 Å². The highest BCUT2D eigenvalue weighted by atomic mass is 16.5. The van der Waals surface area contributed by atoms with E-state index in [1.54, 1.807) is 0 Å². The minimum Gasteiger partial charge on any atom is -0.466 e. The Morgan fingerprint density at radius 1 is 0.457 bits per heavy atom. The summed E-state index contributed by atoms with van der Waals surface area (Å²) >= 11 is 0. The third-order valence-corrected chi connectivity index (χ3v) is 8.84. The predicted octanol–water partition coefficient (Wildman–Crippen LogP) is 9.87. The van der Waals surface area contributed by atoms with Gasteiger partial charge in [-0.1, -0.05) is 162 Å². The molecule has 0 aliphatic carbocycles. The number of carbonyl (C=O) groups is 3. The molecule has 0 saturated carbocycles. The zero-order valence-electron chi connectivity index (χ0n) is 30.5. The largest absolute Gasteiger partial charge is 0.466 e. The van der Waals surface area contributed by atoms with E-state index in [1.165, 1.54) is 128 Å². The molecular weight excluding hydrogens is 576 g/mol. The van der Waals surface area contributed by atoms with Gasteiger partial charge in [0.25, 0.3) is 0 Å². The number of aliphatic hydroxyl groups is 1. The van der Waals surface area contributed by atoms with Crippen molar-refractivity contribution in [3.8, 4) is 0 Å². The van der Waals surface area contributed by atoms with Crippen molar-refractivity contribution in [2.24, 2.45) is 0 Å². The number of hydrogen-bond acceptors (Lipinski definition) is 5. The molecule has 0 saturated heterocycles. The van der Waals surface area contributed by atoms with Crippen LogP contribution in [-0.2, 0) is 19.1 Å². The lowest BCUT2D eigenvalue weighted by Gasteiger charge is -2.13. The molecule has 0 aliphatic rings. The second-order valence-corrected chi connectivity index (χ2v) is 13.6. The summed E-state index contributed by atoms with van der Waals surface area (Å²) in [5.74, 6) is -0.0909. The maximum atomic E-state index is 12.1. The number of hydrogen-bond donors (Lipinski definition) is 3. The summed E-state index contributed by atoms with van der Waals surface area (Å²) in [6.07, 6.45) is 33.8. The molecule has 0 fully saturated rings. The van der Waals surface area contributed by atoms with E-state index in [4.69, 9.17) is 4.74 Å². The second kappa shape index (κ2) is 36.2. The van der Waals surface area contributed by atoms with E-state index in [-0.39, 0.29) is 30.9 Å². The van der Waals surface area contributed by atoms with Gasteiger partial charge in [-0.05, 0) is 25.7 Å². The van der Waals surface area contributed by atoms with Crippen LogP contribution >= 0.6 is 0 Å². The van der Waals surface area contributed by atoms with Crippen molar-refractivity contribution in [1.82, 2.24) is 10.6 Å². The summed E-state index contributed by atoms with van der Waals surface area (Å²) in [6, 6.07) is 0. The summed E-state index contributed by atoms with van der Waals surface area (Å²) in [7, 11) is 0. The maximum absolute atomic E-state index is 12.1. The maximum Gasteiger partial charge on any atom is 0.305 e. The summed E-state index contributed by atoms with van der Waals surface area (Å²) in [5.41, 5.74) is 0. The fraction of sp³-hybridized carbons (Fsp3) is 0.923. The van der Waals surface area contributed by atoms with Crippen LogP contribution < -0.4 is 10.6 Å². The van der Waals surface area contributed by atoms with Crippen molar-refractivity contribution in [2.45, 2.75) is 213 Å². The summed E-state index contributed by atoms with van der Waals surface area (Å²) in [4.78, 5) is 35.5. The molecule has 0 heterocycles. The Morgan fingerprint density at radius 2 is 0.783 bits per heavy atom. The number of nitrogens with one attached hydrogen (secondary N) is 2. The molecule has 1 unspecified atom stereocenters. The molecule has 272 valence electrons. The van der Waals surface area contributed by atoms with Gasteiger partial charge >= 0.3 is 5.97 Å². The Kier molecular flexibility index (Phi) is 34.9. The van der Waals surface area contributed by atoms with Crippen LogP contribution in [0.3, 0.4) is 0 Å². The highest BCUT2D eigenvalue weighted by Gasteiger charge is 2.09. The average Bonchev–Trinajstić information content (AvgIpc) is 3.04. The average molecular weight is 653 g/mol. The van der Waals surface area contributed by atoms with Gasteiger partial charge in [0.2, 0.25) is 11.8 Å². The Balaban J connectivity index is 3.38. The highest BCUT2D eigenvalue weighted by Crippen LogP contribution is 2.14. The van der Waals surface area contributed by atoms with Crippen molar-refractivity contribution in [3.63, 3.8) is 0 Å². The molecule has 0 spiro atoms. The number of aliphatic hydroxyl groups excluding tert-OH is 1. The van der Waals surface area contributed by atoms with Crippen LogP contribution in [0, 0.1) is 0 Å². The topological polar surface area (TPSA) is 105 Å². The van der Waals surface area contributed by atoms with Gasteiger partial charge in [-0.2, -0.15) is 0 Å². The lowest BCUT2D eigenvalue weighted by atomic mass is 10.0. The van der Waals surface area contributed by atoms with E-state index >= 15 is 0 Å². The van der Waals surface area contributed by atoms with Crippen molar-refractivity contribution in [1.29, 1.82) is 0 Å². The first-order valence-electron chi connectivity index (χ1n) is 19.9. The lowest BCUT2D eigenvalue weighted by Crippen LogP contribution is -2.39.